The molecule has 0 spiro atoms. The summed E-state index contributed by atoms with van der Waals surface area (Å²) in [6.07, 6.45) is 1.40. The van der Waals surface area contributed by atoms with E-state index in [9.17, 15) is 9.59 Å². The van der Waals surface area contributed by atoms with Crippen molar-refractivity contribution in [2.45, 2.75) is 13.0 Å². The Morgan fingerprint density at radius 1 is 1.26 bits per heavy atom. The van der Waals surface area contributed by atoms with Crippen LogP contribution in [0.3, 0.4) is 0 Å². The van der Waals surface area contributed by atoms with Gasteiger partial charge in [-0.3, -0.25) is 9.59 Å². The summed E-state index contributed by atoms with van der Waals surface area (Å²) >= 11 is 2.93. The highest BCUT2D eigenvalue weighted by molar-refractivity contribution is 7.16. The highest BCUT2D eigenvalue weighted by Gasteiger charge is 2.19. The molecule has 1 unspecified atom stereocenters. The molecule has 3 rings (SSSR count). The topological polar surface area (TPSA) is 84.2 Å². The van der Waals surface area contributed by atoms with E-state index in [-0.39, 0.29) is 11.7 Å². The zero-order valence-electron chi connectivity index (χ0n) is 12.1. The van der Waals surface area contributed by atoms with E-state index in [0.717, 1.165) is 10.6 Å². The van der Waals surface area contributed by atoms with Crippen LogP contribution in [0.15, 0.2) is 45.7 Å². The van der Waals surface area contributed by atoms with Gasteiger partial charge >= 0.3 is 0 Å². The van der Waals surface area contributed by atoms with Crippen LogP contribution in [-0.2, 0) is 4.79 Å². The maximum absolute atomic E-state index is 12.1. The Labute approximate surface area is 140 Å². The number of hydrogen-bond donors (Lipinski definition) is 2. The number of amides is 2. The minimum absolute atomic E-state index is 0.166. The van der Waals surface area contributed by atoms with Crippen LogP contribution in [0.5, 0.6) is 0 Å². The predicted molar refractivity (Wildman–Crippen MR) is 89.7 cm³/mol. The van der Waals surface area contributed by atoms with E-state index in [1.54, 1.807) is 24.3 Å². The van der Waals surface area contributed by atoms with E-state index in [2.05, 4.69) is 15.6 Å². The van der Waals surface area contributed by atoms with E-state index < -0.39 is 11.9 Å². The maximum atomic E-state index is 12.1. The third kappa shape index (κ3) is 3.66. The number of nitrogens with one attached hydrogen (secondary N) is 2. The first-order chi connectivity index (χ1) is 11.1. The molecule has 0 radical (unpaired) electrons. The van der Waals surface area contributed by atoms with Gasteiger partial charge in [0, 0.05) is 5.38 Å². The molecule has 3 heterocycles. The molecule has 23 heavy (non-hydrogen) atoms. The molecule has 3 aromatic rings. The van der Waals surface area contributed by atoms with Crippen molar-refractivity contribution in [2.75, 3.05) is 5.32 Å². The highest BCUT2D eigenvalue weighted by Crippen LogP contribution is 2.28. The van der Waals surface area contributed by atoms with Crippen molar-refractivity contribution in [3.63, 3.8) is 0 Å². The molecule has 6 nitrogen and oxygen atoms in total. The Morgan fingerprint density at radius 3 is 2.83 bits per heavy atom. The largest absolute Gasteiger partial charge is 0.459 e. The lowest BCUT2D eigenvalue weighted by molar-refractivity contribution is -0.117. The minimum Gasteiger partial charge on any atom is -0.459 e. The molecule has 0 aliphatic carbocycles. The molecule has 2 amide bonds. The molecule has 0 fully saturated rings. The second-order valence-electron chi connectivity index (χ2n) is 4.68. The number of carbonyl (C=O) groups excluding carboxylic acids is 2. The smallest absolute Gasteiger partial charge is 0.287 e. The summed E-state index contributed by atoms with van der Waals surface area (Å²) in [5.74, 6) is -0.605. The fraction of sp³-hybridized carbons (Fsp3) is 0.133. The van der Waals surface area contributed by atoms with Gasteiger partial charge in [-0.1, -0.05) is 6.07 Å². The fourth-order valence-electron chi connectivity index (χ4n) is 1.82. The molecule has 0 saturated carbocycles. The SMILES string of the molecule is CC(NC(=O)c1ccco1)C(=O)Nc1nc(-c2cccs2)cs1. The van der Waals surface area contributed by atoms with Gasteiger partial charge in [0.2, 0.25) is 5.91 Å². The van der Waals surface area contributed by atoms with Crippen molar-refractivity contribution in [1.82, 2.24) is 10.3 Å². The number of thiophene rings is 1. The molecular weight excluding hydrogens is 334 g/mol. The van der Waals surface area contributed by atoms with Crippen LogP contribution < -0.4 is 10.6 Å². The first-order valence-corrected chi connectivity index (χ1v) is 8.54. The highest BCUT2D eigenvalue weighted by atomic mass is 32.1. The van der Waals surface area contributed by atoms with Gasteiger partial charge in [0.1, 0.15) is 6.04 Å². The second kappa shape index (κ2) is 6.76. The van der Waals surface area contributed by atoms with E-state index in [0.29, 0.717) is 5.13 Å². The number of rotatable bonds is 5. The lowest BCUT2D eigenvalue weighted by Crippen LogP contribution is -2.41. The monoisotopic (exact) mass is 347 g/mol. The first kappa shape index (κ1) is 15.4. The van der Waals surface area contributed by atoms with Crippen LogP contribution in [0.1, 0.15) is 17.5 Å². The van der Waals surface area contributed by atoms with Crippen molar-refractivity contribution >= 4 is 39.6 Å². The van der Waals surface area contributed by atoms with Crippen LogP contribution in [0.2, 0.25) is 0 Å². The normalized spacial score (nSPS) is 11.9. The van der Waals surface area contributed by atoms with Crippen LogP contribution in [0.25, 0.3) is 10.6 Å². The van der Waals surface area contributed by atoms with E-state index >= 15 is 0 Å². The van der Waals surface area contributed by atoms with Crippen molar-refractivity contribution in [2.24, 2.45) is 0 Å². The Morgan fingerprint density at radius 2 is 2.13 bits per heavy atom. The van der Waals surface area contributed by atoms with Crippen molar-refractivity contribution < 1.29 is 14.0 Å². The molecule has 2 N–H and O–H groups in total. The third-order valence-electron chi connectivity index (χ3n) is 2.99. The predicted octanol–water partition coefficient (Wildman–Crippen LogP) is 3.22. The quantitative estimate of drug-likeness (QED) is 0.742. The van der Waals surface area contributed by atoms with E-state index in [1.807, 2.05) is 22.9 Å². The molecule has 0 aliphatic heterocycles. The maximum Gasteiger partial charge on any atom is 0.287 e. The summed E-state index contributed by atoms with van der Waals surface area (Å²) in [6, 6.07) is 6.36. The molecular formula is C15H13N3O3S2. The number of aromatic nitrogens is 1. The molecule has 8 heteroatoms. The van der Waals surface area contributed by atoms with Crippen LogP contribution in [0, 0.1) is 0 Å². The summed E-state index contributed by atoms with van der Waals surface area (Å²) in [5, 5.41) is 9.62. The molecule has 1 atom stereocenters. The standard InChI is InChI=1S/C15H13N3O3S2/c1-9(16-14(20)11-4-2-6-21-11)13(19)18-15-17-10(8-23-15)12-5-3-7-22-12/h2-9H,1H3,(H,16,20)(H,17,18,19). The molecule has 0 aromatic carbocycles. The zero-order chi connectivity index (χ0) is 16.2. The molecule has 0 aliphatic rings. The molecule has 118 valence electrons. The number of thiazole rings is 1. The Kier molecular flexibility index (Phi) is 4.54. The van der Waals surface area contributed by atoms with Crippen molar-refractivity contribution in [3.8, 4) is 10.6 Å². The number of carbonyl (C=O) groups is 2. The average Bonchev–Trinajstić information content (AvgIpc) is 3.28. The summed E-state index contributed by atoms with van der Waals surface area (Å²) < 4.78 is 4.99. The summed E-state index contributed by atoms with van der Waals surface area (Å²) in [5.41, 5.74) is 0.826. The number of anilines is 1. The van der Waals surface area contributed by atoms with Gasteiger partial charge in [0.05, 0.1) is 16.8 Å². The molecule has 0 saturated heterocycles. The van der Waals surface area contributed by atoms with Gasteiger partial charge < -0.3 is 15.1 Å². The van der Waals surface area contributed by atoms with Gasteiger partial charge in [-0.2, -0.15) is 0 Å². The molecule has 0 bridgehead atoms. The lowest BCUT2D eigenvalue weighted by Gasteiger charge is -2.11. The van der Waals surface area contributed by atoms with Gasteiger partial charge in [-0.15, -0.1) is 22.7 Å². The third-order valence-corrected chi connectivity index (χ3v) is 4.64. The average molecular weight is 347 g/mol. The fourth-order valence-corrected chi connectivity index (χ4v) is 3.30. The van der Waals surface area contributed by atoms with Crippen LogP contribution >= 0.6 is 22.7 Å². The number of hydrogen-bond acceptors (Lipinski definition) is 6. The summed E-state index contributed by atoms with van der Waals surface area (Å²) in [4.78, 5) is 29.4. The lowest BCUT2D eigenvalue weighted by atomic mass is 10.3. The number of nitrogens with zero attached hydrogens (tertiary/aromatic N) is 1. The minimum atomic E-state index is -0.707. The van der Waals surface area contributed by atoms with E-state index in [4.69, 9.17) is 4.42 Å². The van der Waals surface area contributed by atoms with Crippen molar-refractivity contribution in [1.29, 1.82) is 0 Å². The Balaban J connectivity index is 1.59. The Hall–Kier alpha value is -2.45. The second-order valence-corrected chi connectivity index (χ2v) is 6.48. The molecule has 3 aromatic heterocycles. The van der Waals surface area contributed by atoms with Gasteiger partial charge in [-0.05, 0) is 30.5 Å². The zero-order valence-corrected chi connectivity index (χ0v) is 13.7. The number of furan rings is 1. The van der Waals surface area contributed by atoms with Crippen molar-refractivity contribution in [3.05, 3.63) is 47.0 Å². The van der Waals surface area contributed by atoms with Crippen LogP contribution in [-0.4, -0.2) is 22.8 Å². The van der Waals surface area contributed by atoms with E-state index in [1.165, 1.54) is 23.7 Å². The van der Waals surface area contributed by atoms with Gasteiger partial charge in [-0.25, -0.2) is 4.98 Å². The van der Waals surface area contributed by atoms with Gasteiger partial charge in [0.25, 0.3) is 5.91 Å². The Bertz CT molecular complexity index is 794. The first-order valence-electron chi connectivity index (χ1n) is 6.78. The summed E-state index contributed by atoms with van der Waals surface area (Å²) in [7, 11) is 0. The van der Waals surface area contributed by atoms with Gasteiger partial charge in [0.15, 0.2) is 10.9 Å². The summed E-state index contributed by atoms with van der Waals surface area (Å²) in [6.45, 7) is 1.60. The van der Waals surface area contributed by atoms with Crippen LogP contribution in [0.4, 0.5) is 5.13 Å².